The number of hydrogen-bond acceptors (Lipinski definition) is 4. The van der Waals surface area contributed by atoms with E-state index in [-0.39, 0.29) is 11.3 Å². The van der Waals surface area contributed by atoms with Gasteiger partial charge in [0, 0.05) is 5.39 Å². The molecular formula is C17H13NO5. The molecule has 6 heteroatoms. The maximum Gasteiger partial charge on any atom is 0.511 e. The third-order valence-corrected chi connectivity index (χ3v) is 3.44. The van der Waals surface area contributed by atoms with Crippen molar-refractivity contribution in [2.45, 2.75) is 0 Å². The molecule has 6 nitrogen and oxygen atoms in total. The van der Waals surface area contributed by atoms with Crippen LogP contribution in [0.25, 0.3) is 22.0 Å². The molecule has 2 N–H and O–H groups in total. The molecule has 3 rings (SSSR count). The van der Waals surface area contributed by atoms with Crippen molar-refractivity contribution >= 4 is 17.1 Å². The zero-order valence-corrected chi connectivity index (χ0v) is 12.2. The molecule has 0 saturated heterocycles. The predicted octanol–water partition coefficient (Wildman–Crippen LogP) is 3.26. The Balaban J connectivity index is 2.42. The van der Waals surface area contributed by atoms with E-state index >= 15 is 0 Å². The minimum atomic E-state index is -1.49. The maximum atomic E-state index is 12.5. The van der Waals surface area contributed by atoms with Crippen LogP contribution in [0.15, 0.2) is 53.3 Å². The summed E-state index contributed by atoms with van der Waals surface area (Å²) in [5.41, 5.74) is 0.656. The Bertz CT molecular complexity index is 931. The summed E-state index contributed by atoms with van der Waals surface area (Å²) in [6, 6.07) is 13.8. The van der Waals surface area contributed by atoms with Crippen molar-refractivity contribution in [2.75, 3.05) is 7.11 Å². The van der Waals surface area contributed by atoms with E-state index in [1.807, 2.05) is 0 Å². The van der Waals surface area contributed by atoms with Crippen molar-refractivity contribution in [3.8, 4) is 22.6 Å². The highest BCUT2D eigenvalue weighted by Gasteiger charge is 2.19. The number of ether oxygens (including phenoxy) is 2. The van der Waals surface area contributed by atoms with Crippen molar-refractivity contribution < 1.29 is 19.4 Å². The van der Waals surface area contributed by atoms with Gasteiger partial charge in [0.05, 0.1) is 18.2 Å². The van der Waals surface area contributed by atoms with Crippen LogP contribution >= 0.6 is 0 Å². The number of H-pyrrole nitrogens is 1. The molecule has 0 aliphatic heterocycles. The molecule has 0 fully saturated rings. The van der Waals surface area contributed by atoms with E-state index in [0.717, 1.165) is 0 Å². The Morgan fingerprint density at radius 3 is 2.48 bits per heavy atom. The van der Waals surface area contributed by atoms with Crippen molar-refractivity contribution in [1.82, 2.24) is 4.98 Å². The zero-order chi connectivity index (χ0) is 16.4. The van der Waals surface area contributed by atoms with Gasteiger partial charge in [0.1, 0.15) is 5.75 Å². The second-order valence-corrected chi connectivity index (χ2v) is 4.78. The third kappa shape index (κ3) is 2.62. The van der Waals surface area contributed by atoms with Crippen LogP contribution in [0.1, 0.15) is 0 Å². The minimum Gasteiger partial charge on any atom is -0.495 e. The van der Waals surface area contributed by atoms with E-state index in [1.165, 1.54) is 7.11 Å². The molecule has 0 bridgehead atoms. The Morgan fingerprint density at radius 2 is 1.83 bits per heavy atom. The molecule has 2 aromatic carbocycles. The van der Waals surface area contributed by atoms with Crippen LogP contribution in [0, 0.1) is 0 Å². The molecule has 0 aliphatic rings. The minimum absolute atomic E-state index is 0.0126. The molecule has 0 spiro atoms. The van der Waals surface area contributed by atoms with Crippen molar-refractivity contribution in [3.05, 3.63) is 58.9 Å². The number of benzene rings is 2. The van der Waals surface area contributed by atoms with Gasteiger partial charge in [-0.05, 0) is 17.7 Å². The molecule has 0 aliphatic carbocycles. The number of para-hydroxylation sites is 1. The van der Waals surface area contributed by atoms with Crippen LogP contribution < -0.4 is 15.0 Å². The van der Waals surface area contributed by atoms with Gasteiger partial charge in [-0.25, -0.2) is 4.79 Å². The fourth-order valence-corrected chi connectivity index (χ4v) is 2.49. The van der Waals surface area contributed by atoms with E-state index < -0.39 is 11.7 Å². The van der Waals surface area contributed by atoms with Crippen molar-refractivity contribution in [1.29, 1.82) is 0 Å². The van der Waals surface area contributed by atoms with E-state index in [1.54, 1.807) is 48.5 Å². The Labute approximate surface area is 130 Å². The number of aromatic nitrogens is 1. The Kier molecular flexibility index (Phi) is 3.72. The van der Waals surface area contributed by atoms with Crippen LogP contribution in [-0.4, -0.2) is 23.4 Å². The summed E-state index contributed by atoms with van der Waals surface area (Å²) in [5.74, 6) is 0.413. The van der Waals surface area contributed by atoms with Crippen molar-refractivity contribution in [3.63, 3.8) is 0 Å². The number of aromatic amines is 1. The van der Waals surface area contributed by atoms with E-state index in [0.29, 0.717) is 22.2 Å². The smallest absolute Gasteiger partial charge is 0.495 e. The summed E-state index contributed by atoms with van der Waals surface area (Å²) in [5, 5.41) is 9.50. The molecule has 0 saturated carbocycles. The van der Waals surface area contributed by atoms with Crippen LogP contribution in [0.4, 0.5) is 4.79 Å². The van der Waals surface area contributed by atoms with Gasteiger partial charge in [-0.2, -0.15) is 0 Å². The highest BCUT2D eigenvalue weighted by Crippen LogP contribution is 2.36. The van der Waals surface area contributed by atoms with Gasteiger partial charge in [0.2, 0.25) is 0 Å². The van der Waals surface area contributed by atoms with Gasteiger partial charge in [0.25, 0.3) is 5.56 Å². The molecule has 0 amide bonds. The predicted molar refractivity (Wildman–Crippen MR) is 85.2 cm³/mol. The monoisotopic (exact) mass is 311 g/mol. The van der Waals surface area contributed by atoms with Gasteiger partial charge in [-0.15, -0.1) is 0 Å². The molecule has 23 heavy (non-hydrogen) atoms. The number of pyridine rings is 1. The number of carboxylic acid groups (broad SMARTS) is 1. The third-order valence-electron chi connectivity index (χ3n) is 3.44. The van der Waals surface area contributed by atoms with Gasteiger partial charge >= 0.3 is 6.16 Å². The average molecular weight is 311 g/mol. The first-order chi connectivity index (χ1) is 11.1. The molecule has 0 atom stereocenters. The zero-order valence-electron chi connectivity index (χ0n) is 12.2. The quantitative estimate of drug-likeness (QED) is 0.725. The molecule has 0 radical (unpaired) electrons. The number of nitrogens with one attached hydrogen (secondary N) is 1. The Morgan fingerprint density at radius 1 is 1.09 bits per heavy atom. The number of methoxy groups -OCH3 is 1. The lowest BCUT2D eigenvalue weighted by Crippen LogP contribution is -2.14. The summed E-state index contributed by atoms with van der Waals surface area (Å²) in [6.45, 7) is 0. The lowest BCUT2D eigenvalue weighted by molar-refractivity contribution is 0.145. The van der Waals surface area contributed by atoms with Crippen molar-refractivity contribution in [2.24, 2.45) is 0 Å². The lowest BCUT2D eigenvalue weighted by atomic mass is 10.0. The summed E-state index contributed by atoms with van der Waals surface area (Å²) in [4.78, 5) is 26.4. The van der Waals surface area contributed by atoms with Crippen LogP contribution in [0.3, 0.4) is 0 Å². The van der Waals surface area contributed by atoms with Gasteiger partial charge < -0.3 is 19.6 Å². The number of carbonyl (C=O) groups is 1. The molecule has 1 aromatic heterocycles. The van der Waals surface area contributed by atoms with Crippen LogP contribution in [0.2, 0.25) is 0 Å². The highest BCUT2D eigenvalue weighted by molar-refractivity contribution is 5.96. The maximum absolute atomic E-state index is 12.5. The summed E-state index contributed by atoms with van der Waals surface area (Å²) < 4.78 is 10.1. The fourth-order valence-electron chi connectivity index (χ4n) is 2.49. The average Bonchev–Trinajstić information content (AvgIpc) is 2.54. The first kappa shape index (κ1) is 14.6. The SMILES string of the molecule is COc1cccc2c(OC(=O)O)c(-c3ccccc3)c(=O)[nH]c12. The van der Waals surface area contributed by atoms with Crippen LogP contribution in [-0.2, 0) is 0 Å². The molecular weight excluding hydrogens is 298 g/mol. The van der Waals surface area contributed by atoms with Crippen LogP contribution in [0.5, 0.6) is 11.5 Å². The number of fused-ring (bicyclic) bond motifs is 1. The second-order valence-electron chi connectivity index (χ2n) is 4.78. The number of rotatable bonds is 3. The summed E-state index contributed by atoms with van der Waals surface area (Å²) in [6.07, 6.45) is -1.49. The largest absolute Gasteiger partial charge is 0.511 e. The van der Waals surface area contributed by atoms with E-state index in [9.17, 15) is 9.59 Å². The van der Waals surface area contributed by atoms with Gasteiger partial charge in [0.15, 0.2) is 5.75 Å². The molecule has 116 valence electrons. The summed E-state index contributed by atoms with van der Waals surface area (Å²) in [7, 11) is 1.47. The molecule has 3 aromatic rings. The first-order valence-electron chi connectivity index (χ1n) is 6.81. The van der Waals surface area contributed by atoms with E-state index in [4.69, 9.17) is 14.6 Å². The Hall–Kier alpha value is -3.28. The molecule has 1 heterocycles. The standard InChI is InChI=1S/C17H13NO5/c1-22-12-9-5-8-11-14(12)18-16(19)13(15(11)23-17(20)21)10-6-3-2-4-7-10/h2-9H,1H3,(H,18,19)(H,20,21). The normalized spacial score (nSPS) is 10.5. The lowest BCUT2D eigenvalue weighted by Gasteiger charge is -2.12. The van der Waals surface area contributed by atoms with E-state index in [2.05, 4.69) is 4.98 Å². The highest BCUT2D eigenvalue weighted by atomic mass is 16.7. The first-order valence-corrected chi connectivity index (χ1v) is 6.81. The van der Waals surface area contributed by atoms with Gasteiger partial charge in [-0.3, -0.25) is 4.79 Å². The molecule has 0 unspecified atom stereocenters. The van der Waals surface area contributed by atoms with Gasteiger partial charge in [-0.1, -0.05) is 36.4 Å². The second kappa shape index (κ2) is 5.84. The topological polar surface area (TPSA) is 88.6 Å². The summed E-state index contributed by atoms with van der Waals surface area (Å²) >= 11 is 0. The number of hydrogen-bond donors (Lipinski definition) is 2. The fraction of sp³-hybridized carbons (Fsp3) is 0.0588.